The van der Waals surface area contributed by atoms with Gasteiger partial charge in [0.05, 0.1) is 21.7 Å². The van der Waals surface area contributed by atoms with E-state index >= 15 is 0 Å². The van der Waals surface area contributed by atoms with E-state index in [0.717, 1.165) is 5.52 Å². The molecule has 0 radical (unpaired) electrons. The molecule has 2 atom stereocenters. The minimum Gasteiger partial charge on any atom is -0.475 e. The van der Waals surface area contributed by atoms with Crippen LogP contribution in [0.5, 0.6) is 5.88 Å². The van der Waals surface area contributed by atoms with Crippen LogP contribution >= 0.6 is 0 Å². The van der Waals surface area contributed by atoms with E-state index in [1.54, 1.807) is 42.6 Å². The molecule has 3 aromatic rings. The fourth-order valence-corrected chi connectivity index (χ4v) is 6.24. The van der Waals surface area contributed by atoms with E-state index in [-0.39, 0.29) is 23.3 Å². The molecular weight excluding hydrogens is 390 g/mol. The third-order valence-corrected chi connectivity index (χ3v) is 7.69. The van der Waals surface area contributed by atoms with Gasteiger partial charge in [0.25, 0.3) is 0 Å². The maximum absolute atomic E-state index is 13.5. The second kappa shape index (κ2) is 6.59. The molecule has 0 bridgehead atoms. The van der Waals surface area contributed by atoms with Gasteiger partial charge in [-0.15, -0.1) is 0 Å². The zero-order valence-corrected chi connectivity index (χ0v) is 17.3. The van der Waals surface area contributed by atoms with Gasteiger partial charge in [0, 0.05) is 28.4 Å². The molecule has 1 aromatic carbocycles. The first-order chi connectivity index (χ1) is 13.7. The van der Waals surface area contributed by atoms with Gasteiger partial charge in [-0.1, -0.05) is 12.1 Å². The molecule has 2 aromatic heterocycles. The van der Waals surface area contributed by atoms with Crippen LogP contribution in [0.2, 0.25) is 0 Å². The molecule has 29 heavy (non-hydrogen) atoms. The van der Waals surface area contributed by atoms with Crippen LogP contribution in [0.4, 0.5) is 0 Å². The number of nitrogens with zero attached hydrogens (tertiary/aromatic N) is 1. The summed E-state index contributed by atoms with van der Waals surface area (Å²) in [6.45, 7) is 5.50. The summed E-state index contributed by atoms with van der Waals surface area (Å²) in [7, 11) is -3.82. The highest BCUT2D eigenvalue weighted by Crippen LogP contribution is 2.56. The Hall–Kier alpha value is -2.87. The average molecular weight is 413 g/mol. The normalized spacial score (nSPS) is 21.4. The highest BCUT2D eigenvalue weighted by Gasteiger charge is 2.68. The van der Waals surface area contributed by atoms with Gasteiger partial charge in [0.1, 0.15) is 0 Å². The van der Waals surface area contributed by atoms with Gasteiger partial charge in [-0.2, -0.15) is 0 Å². The van der Waals surface area contributed by atoms with Crippen LogP contribution in [-0.4, -0.2) is 35.6 Å². The smallest absolute Gasteiger partial charge is 0.229 e. The van der Waals surface area contributed by atoms with Crippen molar-refractivity contribution in [1.82, 2.24) is 9.97 Å². The monoisotopic (exact) mass is 413 g/mol. The molecule has 7 nitrogen and oxygen atoms in total. The lowest BCUT2D eigenvalue weighted by atomic mass is 9.96. The summed E-state index contributed by atoms with van der Waals surface area (Å²) in [5.74, 6) is -0.428. The van der Waals surface area contributed by atoms with Gasteiger partial charge in [-0.05, 0) is 51.5 Å². The Kier molecular flexibility index (Phi) is 4.42. The molecule has 1 amide bonds. The highest BCUT2D eigenvalue weighted by atomic mass is 32.2. The third-order valence-electron chi connectivity index (χ3n) is 5.40. The lowest BCUT2D eigenvalue weighted by Gasteiger charge is -2.20. The van der Waals surface area contributed by atoms with Crippen LogP contribution in [0, 0.1) is 6.92 Å². The van der Waals surface area contributed by atoms with Crippen LogP contribution in [0.1, 0.15) is 31.5 Å². The van der Waals surface area contributed by atoms with Crippen molar-refractivity contribution in [1.29, 1.82) is 0 Å². The molecule has 2 heterocycles. The van der Waals surface area contributed by atoms with Crippen LogP contribution in [0.3, 0.4) is 0 Å². The molecule has 1 fully saturated rings. The highest BCUT2D eigenvalue weighted by molar-refractivity contribution is 7.92. The summed E-state index contributed by atoms with van der Waals surface area (Å²) in [5, 5.41) is -0.370. The lowest BCUT2D eigenvalue weighted by Crippen LogP contribution is -2.35. The van der Waals surface area contributed by atoms with Crippen molar-refractivity contribution in [2.45, 2.75) is 48.9 Å². The Morgan fingerprint density at radius 2 is 2.03 bits per heavy atom. The Morgan fingerprint density at radius 1 is 1.28 bits per heavy atom. The predicted octanol–water partition coefficient (Wildman–Crippen LogP) is 2.63. The zero-order valence-electron chi connectivity index (χ0n) is 16.5. The standard InChI is InChI=1S/C21H23N3O4S/c1-12(2)28-19-15(8-7-13(3)24-19)21(20(22)25)11-18(21)29(26,27)17-6-4-5-16-14(17)9-10-23-16/h4-10,12,18,23H,11H2,1-3H3,(H2,22,25). The maximum Gasteiger partial charge on any atom is 0.229 e. The van der Waals surface area contributed by atoms with Gasteiger partial charge in [-0.3, -0.25) is 4.79 Å². The van der Waals surface area contributed by atoms with Gasteiger partial charge in [0.15, 0.2) is 9.84 Å². The number of benzene rings is 1. The number of rotatable bonds is 6. The van der Waals surface area contributed by atoms with Crippen molar-refractivity contribution in [3.63, 3.8) is 0 Å². The van der Waals surface area contributed by atoms with E-state index in [2.05, 4.69) is 9.97 Å². The van der Waals surface area contributed by atoms with E-state index in [9.17, 15) is 13.2 Å². The number of hydrogen-bond donors (Lipinski definition) is 2. The number of H-pyrrole nitrogens is 1. The van der Waals surface area contributed by atoms with Crippen molar-refractivity contribution in [3.05, 3.63) is 53.9 Å². The SMILES string of the molecule is Cc1ccc(C2(C(N)=O)CC2S(=O)(=O)c2cccc3[nH]ccc23)c(OC(C)C)n1. The van der Waals surface area contributed by atoms with Crippen LogP contribution in [-0.2, 0) is 20.0 Å². The topological polar surface area (TPSA) is 115 Å². The summed E-state index contributed by atoms with van der Waals surface area (Å²) in [6.07, 6.45) is 1.61. The number of carbonyl (C=O) groups excluding carboxylic acids is 1. The number of pyridine rings is 1. The summed E-state index contributed by atoms with van der Waals surface area (Å²) < 4.78 is 32.8. The molecule has 1 saturated carbocycles. The average Bonchev–Trinajstić information content (AvgIpc) is 3.24. The van der Waals surface area contributed by atoms with E-state index < -0.39 is 26.4 Å². The van der Waals surface area contributed by atoms with Gasteiger partial charge < -0.3 is 15.5 Å². The Morgan fingerprint density at radius 3 is 2.72 bits per heavy atom. The van der Waals surface area contributed by atoms with Crippen molar-refractivity contribution < 1.29 is 17.9 Å². The number of amides is 1. The zero-order chi connectivity index (χ0) is 21.0. The fourth-order valence-electron chi connectivity index (χ4n) is 3.93. The number of nitrogens with two attached hydrogens (primary N) is 1. The number of primary amides is 1. The maximum atomic E-state index is 13.5. The first-order valence-electron chi connectivity index (χ1n) is 9.42. The van der Waals surface area contributed by atoms with E-state index in [1.165, 1.54) is 0 Å². The summed E-state index contributed by atoms with van der Waals surface area (Å²) in [4.78, 5) is 20.2. The largest absolute Gasteiger partial charge is 0.475 e. The van der Waals surface area contributed by atoms with Gasteiger partial charge in [0.2, 0.25) is 11.8 Å². The molecule has 0 spiro atoms. The molecule has 1 aliphatic rings. The Labute approximate surface area is 169 Å². The van der Waals surface area contributed by atoms with Crippen LogP contribution in [0.15, 0.2) is 47.5 Å². The number of fused-ring (bicyclic) bond motifs is 1. The molecule has 152 valence electrons. The van der Waals surface area contributed by atoms with Crippen LogP contribution in [0.25, 0.3) is 10.9 Å². The third kappa shape index (κ3) is 2.98. The minimum absolute atomic E-state index is 0.102. The number of sulfone groups is 1. The quantitative estimate of drug-likeness (QED) is 0.645. The molecule has 8 heteroatoms. The first-order valence-corrected chi connectivity index (χ1v) is 11.0. The van der Waals surface area contributed by atoms with Crippen molar-refractivity contribution in [2.75, 3.05) is 0 Å². The summed E-state index contributed by atoms with van der Waals surface area (Å²) >= 11 is 0. The van der Waals surface area contributed by atoms with Crippen molar-refractivity contribution in [2.24, 2.45) is 5.73 Å². The second-order valence-electron chi connectivity index (χ2n) is 7.74. The number of carbonyl (C=O) groups is 1. The first kappa shape index (κ1) is 19.4. The number of aromatic amines is 1. The number of aromatic nitrogens is 2. The van der Waals surface area contributed by atoms with E-state index in [1.807, 2.05) is 20.8 Å². The molecule has 0 saturated heterocycles. The Balaban J connectivity index is 1.84. The number of hydrogen-bond acceptors (Lipinski definition) is 5. The minimum atomic E-state index is -3.82. The molecule has 4 rings (SSSR count). The molecule has 0 aliphatic heterocycles. The number of nitrogens with one attached hydrogen (secondary N) is 1. The molecule has 3 N–H and O–H groups in total. The molecule has 2 unspecified atom stereocenters. The van der Waals surface area contributed by atoms with Crippen molar-refractivity contribution >= 4 is 26.6 Å². The fraction of sp³-hybridized carbons (Fsp3) is 0.333. The molecular formula is C21H23N3O4S. The lowest BCUT2D eigenvalue weighted by molar-refractivity contribution is -0.120. The van der Waals surface area contributed by atoms with Gasteiger partial charge >= 0.3 is 0 Å². The number of aryl methyl sites for hydroxylation is 1. The predicted molar refractivity (Wildman–Crippen MR) is 109 cm³/mol. The summed E-state index contributed by atoms with van der Waals surface area (Å²) in [6, 6.07) is 10.2. The molecule has 1 aliphatic carbocycles. The van der Waals surface area contributed by atoms with E-state index in [0.29, 0.717) is 16.6 Å². The van der Waals surface area contributed by atoms with Gasteiger partial charge in [-0.25, -0.2) is 13.4 Å². The van der Waals surface area contributed by atoms with Crippen LogP contribution < -0.4 is 10.5 Å². The van der Waals surface area contributed by atoms with Crippen molar-refractivity contribution in [3.8, 4) is 5.88 Å². The Bertz CT molecular complexity index is 1220. The second-order valence-corrected chi connectivity index (χ2v) is 9.84. The number of ether oxygens (including phenoxy) is 1. The summed E-state index contributed by atoms with van der Waals surface area (Å²) in [5.41, 5.74) is 6.27. The van der Waals surface area contributed by atoms with E-state index in [4.69, 9.17) is 10.5 Å².